The first kappa shape index (κ1) is 17.4. The molecule has 0 radical (unpaired) electrons. The maximum atomic E-state index is 13.2. The first-order chi connectivity index (χ1) is 12.0. The van der Waals surface area contributed by atoms with Crippen molar-refractivity contribution in [1.29, 1.82) is 0 Å². The summed E-state index contributed by atoms with van der Waals surface area (Å²) in [5.41, 5.74) is 4.48. The Hall–Kier alpha value is -2.44. The fourth-order valence-electron chi connectivity index (χ4n) is 2.97. The maximum Gasteiger partial charge on any atom is 0.194 e. The van der Waals surface area contributed by atoms with E-state index >= 15 is 0 Å². The van der Waals surface area contributed by atoms with Crippen LogP contribution in [0.15, 0.2) is 66.7 Å². The minimum Gasteiger partial charge on any atom is -0.317 e. The van der Waals surface area contributed by atoms with E-state index in [9.17, 15) is 9.36 Å². The van der Waals surface area contributed by atoms with Crippen LogP contribution < -0.4 is 10.6 Å². The summed E-state index contributed by atoms with van der Waals surface area (Å²) >= 11 is 0. The highest BCUT2D eigenvalue weighted by Gasteiger charge is 2.20. The van der Waals surface area contributed by atoms with Gasteiger partial charge < -0.3 is 4.57 Å². The van der Waals surface area contributed by atoms with Gasteiger partial charge in [-0.15, -0.1) is 0 Å². The lowest BCUT2D eigenvalue weighted by atomic mass is 9.93. The Kier molecular flexibility index (Phi) is 5.01. The minimum absolute atomic E-state index is 0.0644. The summed E-state index contributed by atoms with van der Waals surface area (Å²) < 4.78 is 13.0. The van der Waals surface area contributed by atoms with Crippen molar-refractivity contribution in [2.45, 2.75) is 20.8 Å². The number of rotatable bonds is 4. The molecule has 0 N–H and O–H groups in total. The number of ketones is 1. The number of benzene rings is 3. The minimum atomic E-state index is -2.23. The highest BCUT2D eigenvalue weighted by atomic mass is 31.1. The molecule has 3 aromatic carbocycles. The van der Waals surface area contributed by atoms with E-state index in [-0.39, 0.29) is 5.78 Å². The predicted molar refractivity (Wildman–Crippen MR) is 105 cm³/mol. The van der Waals surface area contributed by atoms with Crippen LogP contribution in [0.1, 0.15) is 32.6 Å². The Balaban J connectivity index is 2.09. The van der Waals surface area contributed by atoms with Crippen LogP contribution in [0.4, 0.5) is 0 Å². The lowest BCUT2D eigenvalue weighted by molar-refractivity contribution is 0.103. The van der Waals surface area contributed by atoms with Crippen molar-refractivity contribution in [2.75, 3.05) is 0 Å². The van der Waals surface area contributed by atoms with Crippen LogP contribution in [0.2, 0.25) is 0 Å². The summed E-state index contributed by atoms with van der Waals surface area (Å²) in [6, 6.07) is 20.4. The zero-order valence-corrected chi connectivity index (χ0v) is 15.7. The topological polar surface area (TPSA) is 34.1 Å². The van der Waals surface area contributed by atoms with Gasteiger partial charge in [-0.25, -0.2) is 0 Å². The largest absolute Gasteiger partial charge is 0.317 e. The summed E-state index contributed by atoms with van der Waals surface area (Å²) in [5.74, 6) is -0.0644. The highest BCUT2D eigenvalue weighted by molar-refractivity contribution is 7.61. The summed E-state index contributed by atoms with van der Waals surface area (Å²) in [5, 5.41) is 1.39. The van der Waals surface area contributed by atoms with Crippen molar-refractivity contribution < 1.29 is 9.36 Å². The second-order valence-corrected chi connectivity index (χ2v) is 8.02. The van der Waals surface area contributed by atoms with Gasteiger partial charge in [0, 0.05) is 21.7 Å². The van der Waals surface area contributed by atoms with Crippen molar-refractivity contribution >= 4 is 24.2 Å². The van der Waals surface area contributed by atoms with E-state index in [0.29, 0.717) is 16.4 Å². The van der Waals surface area contributed by atoms with Gasteiger partial charge in [0.15, 0.2) is 5.78 Å². The van der Waals surface area contributed by atoms with Gasteiger partial charge in [-0.05, 0) is 37.5 Å². The number of carbonyl (C=O) groups excluding carboxylic acids is 1. The summed E-state index contributed by atoms with van der Waals surface area (Å²) in [6.07, 6.45) is 0. The molecule has 2 nitrogen and oxygen atoms in total. The van der Waals surface area contributed by atoms with E-state index in [4.69, 9.17) is 0 Å². The zero-order valence-electron chi connectivity index (χ0n) is 14.7. The van der Waals surface area contributed by atoms with Gasteiger partial charge in [0.2, 0.25) is 0 Å². The third kappa shape index (κ3) is 3.36. The Bertz CT molecular complexity index is 959. The van der Waals surface area contributed by atoms with Crippen LogP contribution in [0.25, 0.3) is 0 Å². The Morgan fingerprint density at radius 1 is 0.720 bits per heavy atom. The van der Waals surface area contributed by atoms with E-state index in [2.05, 4.69) is 0 Å². The molecule has 0 saturated carbocycles. The summed E-state index contributed by atoms with van der Waals surface area (Å²) in [4.78, 5) is 13.2. The van der Waals surface area contributed by atoms with E-state index in [1.807, 2.05) is 75.4 Å². The molecule has 1 unspecified atom stereocenters. The van der Waals surface area contributed by atoms with Gasteiger partial charge in [0.05, 0.1) is 0 Å². The molecule has 3 aromatic rings. The molecule has 0 aromatic heterocycles. The number of carbonyl (C=O) groups is 1. The molecule has 0 saturated heterocycles. The van der Waals surface area contributed by atoms with Crippen molar-refractivity contribution in [3.8, 4) is 0 Å². The molecule has 0 aliphatic carbocycles. The van der Waals surface area contributed by atoms with Crippen LogP contribution in [0.5, 0.6) is 0 Å². The van der Waals surface area contributed by atoms with Crippen molar-refractivity contribution in [2.24, 2.45) is 0 Å². The first-order valence-corrected chi connectivity index (χ1v) is 9.72. The van der Waals surface area contributed by atoms with Crippen LogP contribution >= 0.6 is 7.80 Å². The number of hydrogen-bond donors (Lipinski definition) is 0. The van der Waals surface area contributed by atoms with Crippen LogP contribution in [-0.4, -0.2) is 5.78 Å². The molecule has 0 aliphatic rings. The normalized spacial score (nSPS) is 12.0. The molecule has 3 rings (SSSR count). The quantitative estimate of drug-likeness (QED) is 0.519. The molecular formula is C22H21O2P. The van der Waals surface area contributed by atoms with Crippen LogP contribution in [0, 0.1) is 20.8 Å². The van der Waals surface area contributed by atoms with Crippen LogP contribution in [-0.2, 0) is 4.57 Å². The maximum absolute atomic E-state index is 13.2. The molecule has 0 amide bonds. The highest BCUT2D eigenvalue weighted by Crippen LogP contribution is 2.25. The molecule has 1 atom stereocenters. The van der Waals surface area contributed by atoms with Crippen LogP contribution in [0.3, 0.4) is 0 Å². The molecule has 3 heteroatoms. The predicted octanol–water partition coefficient (Wildman–Crippen LogP) is 4.35. The Morgan fingerprint density at radius 3 is 2.08 bits per heavy atom. The molecule has 0 spiro atoms. The van der Waals surface area contributed by atoms with Gasteiger partial charge in [-0.2, -0.15) is 0 Å². The van der Waals surface area contributed by atoms with E-state index in [1.54, 1.807) is 12.1 Å². The van der Waals surface area contributed by atoms with E-state index < -0.39 is 7.80 Å². The third-order valence-corrected chi connectivity index (χ3v) is 6.54. The second kappa shape index (κ2) is 7.21. The van der Waals surface area contributed by atoms with Crippen molar-refractivity contribution in [3.05, 3.63) is 94.5 Å². The fourth-order valence-corrected chi connectivity index (χ4v) is 4.47. The van der Waals surface area contributed by atoms with Gasteiger partial charge in [-0.1, -0.05) is 66.7 Å². The smallest absolute Gasteiger partial charge is 0.194 e. The standard InChI is InChI=1S/C22H21O2P/c1-15-13-14-19(17(3)16(15)2)22(23)20-11-7-8-12-21(20)25(24)18-9-5-4-6-10-18/h4-14,25H,1-3H3. The lowest BCUT2D eigenvalue weighted by Gasteiger charge is -2.13. The molecule has 0 heterocycles. The van der Waals surface area contributed by atoms with Gasteiger partial charge >= 0.3 is 0 Å². The first-order valence-electron chi connectivity index (χ1n) is 8.31. The van der Waals surface area contributed by atoms with Crippen molar-refractivity contribution in [1.82, 2.24) is 0 Å². The fraction of sp³-hybridized carbons (Fsp3) is 0.136. The van der Waals surface area contributed by atoms with E-state index in [1.165, 1.54) is 5.56 Å². The second-order valence-electron chi connectivity index (χ2n) is 6.25. The SMILES string of the molecule is Cc1ccc(C(=O)c2ccccc2[PH](=O)c2ccccc2)c(C)c1C. The zero-order chi connectivity index (χ0) is 18.0. The van der Waals surface area contributed by atoms with Gasteiger partial charge in [-0.3, -0.25) is 4.79 Å². The average Bonchev–Trinajstić information content (AvgIpc) is 2.66. The molecule has 0 fully saturated rings. The number of aryl methyl sites for hydroxylation is 1. The molecule has 126 valence electrons. The molecule has 25 heavy (non-hydrogen) atoms. The van der Waals surface area contributed by atoms with Crippen molar-refractivity contribution in [3.63, 3.8) is 0 Å². The lowest BCUT2D eigenvalue weighted by Crippen LogP contribution is -2.17. The summed E-state index contributed by atoms with van der Waals surface area (Å²) in [6.45, 7) is 6.04. The Labute approximate surface area is 149 Å². The number of hydrogen-bond acceptors (Lipinski definition) is 2. The monoisotopic (exact) mass is 348 g/mol. The van der Waals surface area contributed by atoms with Gasteiger partial charge in [0.25, 0.3) is 0 Å². The molecular weight excluding hydrogens is 327 g/mol. The van der Waals surface area contributed by atoms with Gasteiger partial charge in [0.1, 0.15) is 7.80 Å². The third-order valence-electron chi connectivity index (χ3n) is 4.75. The molecule has 0 aliphatic heterocycles. The van der Waals surface area contributed by atoms with E-state index in [0.717, 1.165) is 16.4 Å². The summed E-state index contributed by atoms with van der Waals surface area (Å²) in [7, 11) is -2.23. The molecule has 0 bridgehead atoms. The Morgan fingerprint density at radius 2 is 1.36 bits per heavy atom. The average molecular weight is 348 g/mol.